The van der Waals surface area contributed by atoms with E-state index in [2.05, 4.69) is 48.2 Å². The molecule has 5 heteroatoms. The molecule has 0 unspecified atom stereocenters. The molecule has 3 aliphatic rings. The van der Waals surface area contributed by atoms with Crippen molar-refractivity contribution in [1.29, 1.82) is 0 Å². The Balaban J connectivity index is 1.60. The number of benzene rings is 1. The third kappa shape index (κ3) is 3.50. The number of hydrogen-bond donors (Lipinski definition) is 0. The first-order chi connectivity index (χ1) is 13.6. The predicted molar refractivity (Wildman–Crippen MR) is 114 cm³/mol. The molecular formula is C23H27N3O2. The second kappa shape index (κ2) is 7.68. The van der Waals surface area contributed by atoms with E-state index in [1.165, 1.54) is 16.7 Å². The maximum absolute atomic E-state index is 5.44. The summed E-state index contributed by atoms with van der Waals surface area (Å²) in [4.78, 5) is 9.48. The minimum absolute atomic E-state index is 0.718. The highest BCUT2D eigenvalue weighted by molar-refractivity contribution is 6.01. The molecule has 0 aromatic heterocycles. The zero-order chi connectivity index (χ0) is 19.7. The van der Waals surface area contributed by atoms with E-state index in [-0.39, 0.29) is 0 Å². The molecule has 4 rings (SSSR count). The molecule has 0 saturated heterocycles. The van der Waals surface area contributed by atoms with E-state index < -0.39 is 0 Å². The van der Waals surface area contributed by atoms with Crippen LogP contribution in [0.2, 0.25) is 0 Å². The lowest BCUT2D eigenvalue weighted by molar-refractivity contribution is 0.355. The van der Waals surface area contributed by atoms with Crippen molar-refractivity contribution in [3.05, 3.63) is 64.9 Å². The normalized spacial score (nSPS) is 19.7. The number of aliphatic imine (C=N–C) groups is 1. The summed E-state index contributed by atoms with van der Waals surface area (Å²) in [6, 6.07) is 5.93. The van der Waals surface area contributed by atoms with Gasteiger partial charge in [0.05, 0.1) is 19.9 Å². The molecule has 146 valence electrons. The molecule has 3 aliphatic heterocycles. The van der Waals surface area contributed by atoms with Crippen molar-refractivity contribution in [2.24, 2.45) is 4.99 Å². The number of allylic oxidation sites excluding steroid dienone is 2. The molecule has 1 aromatic carbocycles. The van der Waals surface area contributed by atoms with Crippen LogP contribution in [-0.4, -0.2) is 56.5 Å². The van der Waals surface area contributed by atoms with Crippen LogP contribution in [0.4, 0.5) is 0 Å². The SMILES string of the molecule is COc1ccc(C2=CCN3C=C(C4=CCN(C)CC4)C(C)=CC3=N2)cc1OC. The molecule has 1 aromatic rings. The van der Waals surface area contributed by atoms with Crippen molar-refractivity contribution < 1.29 is 9.47 Å². The van der Waals surface area contributed by atoms with Crippen LogP contribution in [0.15, 0.2) is 64.3 Å². The summed E-state index contributed by atoms with van der Waals surface area (Å²) in [5.74, 6) is 2.43. The first-order valence-corrected chi connectivity index (χ1v) is 9.65. The summed E-state index contributed by atoms with van der Waals surface area (Å²) in [5, 5.41) is 0. The molecule has 0 spiro atoms. The van der Waals surface area contributed by atoms with Crippen LogP contribution in [0.3, 0.4) is 0 Å². The first-order valence-electron chi connectivity index (χ1n) is 9.65. The molecule has 0 aliphatic carbocycles. The lowest BCUT2D eigenvalue weighted by Crippen LogP contribution is -2.31. The van der Waals surface area contributed by atoms with Gasteiger partial charge in [-0.1, -0.05) is 6.08 Å². The van der Waals surface area contributed by atoms with Gasteiger partial charge in [0.25, 0.3) is 0 Å². The van der Waals surface area contributed by atoms with Crippen LogP contribution < -0.4 is 9.47 Å². The highest BCUT2D eigenvalue weighted by Crippen LogP contribution is 2.34. The smallest absolute Gasteiger partial charge is 0.161 e. The highest BCUT2D eigenvalue weighted by Gasteiger charge is 2.22. The van der Waals surface area contributed by atoms with Crippen molar-refractivity contribution in [2.75, 3.05) is 40.9 Å². The van der Waals surface area contributed by atoms with Gasteiger partial charge in [-0.15, -0.1) is 0 Å². The summed E-state index contributed by atoms with van der Waals surface area (Å²) in [6.45, 7) is 5.12. The number of fused-ring (bicyclic) bond motifs is 1. The van der Waals surface area contributed by atoms with E-state index >= 15 is 0 Å². The van der Waals surface area contributed by atoms with Crippen molar-refractivity contribution in [3.8, 4) is 11.5 Å². The molecule has 5 nitrogen and oxygen atoms in total. The molecule has 0 saturated carbocycles. The minimum Gasteiger partial charge on any atom is -0.493 e. The van der Waals surface area contributed by atoms with E-state index in [1.54, 1.807) is 14.2 Å². The van der Waals surface area contributed by atoms with Crippen molar-refractivity contribution >= 4 is 11.5 Å². The summed E-state index contributed by atoms with van der Waals surface area (Å²) >= 11 is 0. The summed E-state index contributed by atoms with van der Waals surface area (Å²) < 4.78 is 10.8. The number of rotatable bonds is 4. The summed E-state index contributed by atoms with van der Waals surface area (Å²) in [5.41, 5.74) is 6.06. The Bertz CT molecular complexity index is 937. The number of amidine groups is 1. The Morgan fingerprint density at radius 1 is 1.04 bits per heavy atom. The molecule has 0 bridgehead atoms. The maximum Gasteiger partial charge on any atom is 0.161 e. The maximum atomic E-state index is 5.44. The Morgan fingerprint density at radius 2 is 1.86 bits per heavy atom. The second-order valence-corrected chi connectivity index (χ2v) is 7.39. The minimum atomic E-state index is 0.718. The molecule has 0 amide bonds. The Morgan fingerprint density at radius 3 is 2.57 bits per heavy atom. The number of likely N-dealkylation sites (N-methyl/N-ethyl adjacent to an activating group) is 1. The van der Waals surface area contributed by atoms with Crippen molar-refractivity contribution in [3.63, 3.8) is 0 Å². The molecule has 3 heterocycles. The predicted octanol–water partition coefficient (Wildman–Crippen LogP) is 3.86. The van der Waals surface area contributed by atoms with E-state index in [1.807, 2.05) is 18.2 Å². The number of methoxy groups -OCH3 is 2. The number of ether oxygens (including phenoxy) is 2. The van der Waals surface area contributed by atoms with Crippen molar-refractivity contribution in [2.45, 2.75) is 13.3 Å². The fourth-order valence-electron chi connectivity index (χ4n) is 3.80. The van der Waals surface area contributed by atoms with Gasteiger partial charge in [-0.25, -0.2) is 4.99 Å². The van der Waals surface area contributed by atoms with Crippen LogP contribution >= 0.6 is 0 Å². The largest absolute Gasteiger partial charge is 0.493 e. The van der Waals surface area contributed by atoms with E-state index in [0.717, 1.165) is 54.7 Å². The van der Waals surface area contributed by atoms with E-state index in [9.17, 15) is 0 Å². The average Bonchev–Trinajstić information content (AvgIpc) is 2.73. The zero-order valence-corrected chi connectivity index (χ0v) is 17.0. The lowest BCUT2D eigenvalue weighted by atomic mass is 9.92. The second-order valence-electron chi connectivity index (χ2n) is 7.39. The van der Waals surface area contributed by atoms with Gasteiger partial charge < -0.3 is 19.3 Å². The van der Waals surface area contributed by atoms with E-state index in [4.69, 9.17) is 14.5 Å². The Hall–Kier alpha value is -2.79. The highest BCUT2D eigenvalue weighted by atomic mass is 16.5. The standard InChI is InChI=1S/C23H27N3O2/c1-16-13-23-24-20(18-5-6-21(27-3)22(14-18)28-4)9-12-26(23)15-19(16)17-7-10-25(2)11-8-17/h5-7,9,13-15H,8,10-12H2,1-4H3. The van der Waals surface area contributed by atoms with Crippen LogP contribution in [0.1, 0.15) is 18.9 Å². The van der Waals surface area contributed by atoms with Gasteiger partial charge in [0.1, 0.15) is 5.84 Å². The van der Waals surface area contributed by atoms with Crippen LogP contribution in [0.25, 0.3) is 5.70 Å². The van der Waals surface area contributed by atoms with Gasteiger partial charge >= 0.3 is 0 Å². The van der Waals surface area contributed by atoms with Gasteiger partial charge in [0.15, 0.2) is 11.5 Å². The molecule has 0 N–H and O–H groups in total. The molecule has 28 heavy (non-hydrogen) atoms. The third-order valence-corrected chi connectivity index (χ3v) is 5.50. The summed E-state index contributed by atoms with van der Waals surface area (Å²) in [6.07, 6.45) is 10.1. The Kier molecular flexibility index (Phi) is 5.09. The van der Waals surface area contributed by atoms with Gasteiger partial charge in [0.2, 0.25) is 0 Å². The van der Waals surface area contributed by atoms with Crippen LogP contribution in [0, 0.1) is 0 Å². The fourth-order valence-corrected chi connectivity index (χ4v) is 3.80. The molecule has 0 fully saturated rings. The number of nitrogens with zero attached hydrogens (tertiary/aromatic N) is 3. The lowest BCUT2D eigenvalue weighted by Gasteiger charge is -2.31. The monoisotopic (exact) mass is 377 g/mol. The molecule has 0 atom stereocenters. The molecule has 0 radical (unpaired) electrons. The fraction of sp³-hybridized carbons (Fsp3) is 0.348. The Labute approximate surface area is 167 Å². The zero-order valence-electron chi connectivity index (χ0n) is 17.0. The average molecular weight is 377 g/mol. The topological polar surface area (TPSA) is 37.3 Å². The molecular weight excluding hydrogens is 350 g/mol. The van der Waals surface area contributed by atoms with Gasteiger partial charge in [0, 0.05) is 31.4 Å². The number of hydrogen-bond acceptors (Lipinski definition) is 5. The van der Waals surface area contributed by atoms with Crippen LogP contribution in [0.5, 0.6) is 11.5 Å². The first kappa shape index (κ1) is 18.6. The quantitative estimate of drug-likeness (QED) is 0.798. The van der Waals surface area contributed by atoms with Gasteiger partial charge in [-0.05, 0) is 67.5 Å². The van der Waals surface area contributed by atoms with Gasteiger partial charge in [-0.3, -0.25) is 0 Å². The summed E-state index contributed by atoms with van der Waals surface area (Å²) in [7, 11) is 5.47. The van der Waals surface area contributed by atoms with Crippen molar-refractivity contribution in [1.82, 2.24) is 9.80 Å². The third-order valence-electron chi connectivity index (χ3n) is 5.50. The van der Waals surface area contributed by atoms with E-state index in [0.29, 0.717) is 0 Å². The van der Waals surface area contributed by atoms with Gasteiger partial charge in [-0.2, -0.15) is 0 Å². The van der Waals surface area contributed by atoms with Crippen LogP contribution in [-0.2, 0) is 0 Å².